The third-order valence-corrected chi connectivity index (χ3v) is 2.30. The highest BCUT2D eigenvalue weighted by Gasteiger charge is 2.02. The third-order valence-electron chi connectivity index (χ3n) is 2.08. The Morgan fingerprint density at radius 1 is 1.50 bits per heavy atom. The monoisotopic (exact) mass is 234 g/mol. The van der Waals surface area contributed by atoms with Crippen molar-refractivity contribution in [3.05, 3.63) is 23.4 Å². The largest absolute Gasteiger partial charge is 0.353 e. The second kappa shape index (κ2) is 4.86. The minimum atomic E-state index is 0.597. The number of hydrogen-bond donors (Lipinski definition) is 1. The van der Waals surface area contributed by atoms with Gasteiger partial charge in [0.1, 0.15) is 0 Å². The van der Waals surface area contributed by atoms with E-state index < -0.39 is 0 Å². The minimum Gasteiger partial charge on any atom is -0.353 e. The van der Waals surface area contributed by atoms with E-state index in [0.29, 0.717) is 11.0 Å². The minimum absolute atomic E-state index is 0.597. The first kappa shape index (κ1) is 10.8. The smallest absolute Gasteiger partial charge is 0.243 e. The van der Waals surface area contributed by atoms with Crippen LogP contribution in [-0.4, -0.2) is 21.1 Å². The third kappa shape index (κ3) is 2.44. The predicted octanol–water partition coefficient (Wildman–Crippen LogP) is 2.21. The van der Waals surface area contributed by atoms with Crippen LogP contribution >= 0.6 is 11.6 Å². The van der Waals surface area contributed by atoms with E-state index in [1.54, 1.807) is 16.8 Å². The zero-order valence-corrected chi connectivity index (χ0v) is 9.41. The number of rotatable bonds is 4. The molecule has 0 aromatic carbocycles. The number of pyridine rings is 1. The van der Waals surface area contributed by atoms with E-state index in [4.69, 9.17) is 18.0 Å². The summed E-state index contributed by atoms with van der Waals surface area (Å²) in [6, 6.07) is 3.61. The van der Waals surface area contributed by atoms with Crippen molar-refractivity contribution < 1.29 is 0 Å². The van der Waals surface area contributed by atoms with Crippen LogP contribution in [0.5, 0.6) is 0 Å². The number of halogens is 1. The molecule has 0 aliphatic heterocycles. The van der Waals surface area contributed by atoms with Crippen LogP contribution in [0.15, 0.2) is 18.3 Å². The van der Waals surface area contributed by atoms with Crippen LogP contribution in [-0.2, 0) is 0 Å². The van der Waals surface area contributed by atoms with Gasteiger partial charge in [-0.3, -0.25) is 0 Å². The SMILES string of the molecule is C#CCCCNc1nc2ccc(Cl)cn2n1. The lowest BCUT2D eigenvalue weighted by atomic mass is 10.3. The Balaban J connectivity index is 2.06. The molecular formula is C11H11ClN4. The first-order valence-corrected chi connectivity index (χ1v) is 5.36. The maximum Gasteiger partial charge on any atom is 0.243 e. The molecule has 82 valence electrons. The Labute approximate surface area is 98.6 Å². The van der Waals surface area contributed by atoms with Gasteiger partial charge in [0.2, 0.25) is 5.95 Å². The van der Waals surface area contributed by atoms with Crippen LogP contribution in [0, 0.1) is 12.3 Å². The number of fused-ring (bicyclic) bond motifs is 1. The fourth-order valence-corrected chi connectivity index (χ4v) is 1.48. The standard InChI is InChI=1S/C11H11ClN4/c1-2-3-4-7-13-11-14-10-6-5-9(12)8-16(10)15-11/h1,5-6,8H,3-4,7H2,(H,13,15). The molecule has 5 heteroatoms. The zero-order valence-electron chi connectivity index (χ0n) is 8.65. The van der Waals surface area contributed by atoms with Crippen molar-refractivity contribution in [3.63, 3.8) is 0 Å². The van der Waals surface area contributed by atoms with Gasteiger partial charge in [-0.05, 0) is 18.6 Å². The van der Waals surface area contributed by atoms with Crippen molar-refractivity contribution in [2.24, 2.45) is 0 Å². The molecule has 0 fully saturated rings. The van der Waals surface area contributed by atoms with Crippen LogP contribution in [0.25, 0.3) is 5.65 Å². The lowest BCUT2D eigenvalue weighted by molar-refractivity contribution is 0.884. The number of unbranched alkanes of at least 4 members (excludes halogenated alkanes) is 1. The normalized spacial score (nSPS) is 10.2. The molecule has 0 saturated carbocycles. The summed E-state index contributed by atoms with van der Waals surface area (Å²) in [5.41, 5.74) is 0.767. The van der Waals surface area contributed by atoms with E-state index in [1.165, 1.54) is 0 Å². The first-order chi connectivity index (χ1) is 7.79. The van der Waals surface area contributed by atoms with Crippen molar-refractivity contribution in [2.45, 2.75) is 12.8 Å². The highest BCUT2D eigenvalue weighted by Crippen LogP contribution is 2.11. The van der Waals surface area contributed by atoms with Crippen LogP contribution in [0.4, 0.5) is 5.95 Å². The molecular weight excluding hydrogens is 224 g/mol. The summed E-state index contributed by atoms with van der Waals surface area (Å²) in [6.07, 6.45) is 8.54. The Bertz CT molecular complexity index is 526. The number of nitrogens with one attached hydrogen (secondary N) is 1. The van der Waals surface area contributed by atoms with E-state index in [9.17, 15) is 0 Å². The van der Waals surface area contributed by atoms with Crippen molar-refractivity contribution in [1.82, 2.24) is 14.6 Å². The number of anilines is 1. The van der Waals surface area contributed by atoms with Gasteiger partial charge in [0.15, 0.2) is 5.65 Å². The van der Waals surface area contributed by atoms with Crippen molar-refractivity contribution >= 4 is 23.2 Å². The molecule has 0 spiro atoms. The summed E-state index contributed by atoms with van der Waals surface area (Å²) >= 11 is 5.84. The van der Waals surface area contributed by atoms with Gasteiger partial charge in [-0.1, -0.05) is 11.6 Å². The number of nitrogens with zero attached hydrogens (tertiary/aromatic N) is 3. The highest BCUT2D eigenvalue weighted by molar-refractivity contribution is 6.30. The summed E-state index contributed by atoms with van der Waals surface area (Å²) in [4.78, 5) is 4.28. The molecule has 1 N–H and O–H groups in total. The predicted molar refractivity (Wildman–Crippen MR) is 64.6 cm³/mol. The molecule has 0 radical (unpaired) electrons. The van der Waals surface area contributed by atoms with E-state index in [-0.39, 0.29) is 0 Å². The van der Waals surface area contributed by atoms with Gasteiger partial charge in [-0.25, -0.2) is 4.52 Å². The van der Waals surface area contributed by atoms with Gasteiger partial charge in [0.05, 0.1) is 5.02 Å². The number of aromatic nitrogens is 3. The molecule has 0 aliphatic rings. The van der Waals surface area contributed by atoms with Gasteiger partial charge < -0.3 is 5.32 Å². The van der Waals surface area contributed by atoms with Crippen LogP contribution in [0.2, 0.25) is 5.02 Å². The van der Waals surface area contributed by atoms with Crippen molar-refractivity contribution in [3.8, 4) is 12.3 Å². The molecule has 0 unspecified atom stereocenters. The lowest BCUT2D eigenvalue weighted by Gasteiger charge is -1.97. The lowest BCUT2D eigenvalue weighted by Crippen LogP contribution is -2.02. The molecule has 2 heterocycles. The van der Waals surface area contributed by atoms with E-state index in [1.807, 2.05) is 6.07 Å². The molecule has 0 aliphatic carbocycles. The molecule has 2 aromatic heterocycles. The van der Waals surface area contributed by atoms with Crippen LogP contribution in [0.3, 0.4) is 0 Å². The summed E-state index contributed by atoms with van der Waals surface area (Å²) in [5, 5.41) is 7.97. The number of hydrogen-bond acceptors (Lipinski definition) is 3. The molecule has 0 amide bonds. The molecule has 2 rings (SSSR count). The summed E-state index contributed by atoms with van der Waals surface area (Å²) in [5.74, 6) is 3.18. The Morgan fingerprint density at radius 2 is 2.38 bits per heavy atom. The summed E-state index contributed by atoms with van der Waals surface area (Å²) < 4.78 is 1.64. The van der Waals surface area contributed by atoms with Gasteiger partial charge in [-0.2, -0.15) is 4.98 Å². The molecule has 4 nitrogen and oxygen atoms in total. The second-order valence-electron chi connectivity index (χ2n) is 3.32. The molecule has 16 heavy (non-hydrogen) atoms. The zero-order chi connectivity index (χ0) is 11.4. The van der Waals surface area contributed by atoms with Gasteiger partial charge in [0.25, 0.3) is 0 Å². The molecule has 0 atom stereocenters. The molecule has 0 bridgehead atoms. The fourth-order valence-electron chi connectivity index (χ4n) is 1.32. The van der Waals surface area contributed by atoms with Gasteiger partial charge >= 0.3 is 0 Å². The average molecular weight is 235 g/mol. The van der Waals surface area contributed by atoms with E-state index in [2.05, 4.69) is 21.3 Å². The first-order valence-electron chi connectivity index (χ1n) is 4.99. The van der Waals surface area contributed by atoms with Crippen molar-refractivity contribution in [2.75, 3.05) is 11.9 Å². The van der Waals surface area contributed by atoms with Crippen LogP contribution in [0.1, 0.15) is 12.8 Å². The summed E-state index contributed by atoms with van der Waals surface area (Å²) in [7, 11) is 0. The second-order valence-corrected chi connectivity index (χ2v) is 3.76. The average Bonchev–Trinajstić information content (AvgIpc) is 2.66. The maximum absolute atomic E-state index is 5.84. The quantitative estimate of drug-likeness (QED) is 0.652. The van der Waals surface area contributed by atoms with E-state index in [0.717, 1.165) is 25.0 Å². The molecule has 2 aromatic rings. The van der Waals surface area contributed by atoms with Gasteiger partial charge in [-0.15, -0.1) is 17.4 Å². The summed E-state index contributed by atoms with van der Waals surface area (Å²) in [6.45, 7) is 0.773. The Hall–Kier alpha value is -1.73. The highest BCUT2D eigenvalue weighted by atomic mass is 35.5. The van der Waals surface area contributed by atoms with Crippen LogP contribution < -0.4 is 5.32 Å². The Kier molecular flexibility index (Phi) is 3.28. The maximum atomic E-state index is 5.84. The van der Waals surface area contributed by atoms with E-state index >= 15 is 0 Å². The van der Waals surface area contributed by atoms with Crippen molar-refractivity contribution in [1.29, 1.82) is 0 Å². The van der Waals surface area contributed by atoms with Gasteiger partial charge in [0, 0.05) is 19.2 Å². The number of terminal acetylenes is 1. The molecule has 0 saturated heterocycles. The Morgan fingerprint density at radius 3 is 3.19 bits per heavy atom. The topological polar surface area (TPSA) is 42.2 Å². The fraction of sp³-hybridized carbons (Fsp3) is 0.273.